The van der Waals surface area contributed by atoms with E-state index in [4.69, 9.17) is 27.7 Å². The Morgan fingerprint density at radius 2 is 1.90 bits per heavy atom. The van der Waals surface area contributed by atoms with Crippen LogP contribution in [0, 0.1) is 6.92 Å². The molecule has 31 heavy (non-hydrogen) atoms. The Morgan fingerprint density at radius 1 is 1.29 bits per heavy atom. The van der Waals surface area contributed by atoms with E-state index in [1.54, 1.807) is 39.0 Å². The van der Waals surface area contributed by atoms with Crippen LogP contribution in [0.2, 0.25) is 10.0 Å². The number of fused-ring (bicyclic) bond motifs is 1. The number of nitrogens with zero attached hydrogens (tertiary/aromatic N) is 2. The molecule has 166 valence electrons. The molecule has 0 aliphatic carbocycles. The van der Waals surface area contributed by atoms with Crippen LogP contribution in [0.15, 0.2) is 22.7 Å². The number of aromatic nitrogens is 1. The summed E-state index contributed by atoms with van der Waals surface area (Å²) in [7, 11) is 0. The molecule has 4 rings (SSSR count). The summed E-state index contributed by atoms with van der Waals surface area (Å²) < 4.78 is 4.52. The Kier molecular flexibility index (Phi) is 6.05. The van der Waals surface area contributed by atoms with Crippen molar-refractivity contribution in [2.45, 2.75) is 43.0 Å². The predicted octanol–water partition coefficient (Wildman–Crippen LogP) is 2.38. The molecule has 0 radical (unpaired) electrons. The molecule has 9 nitrogen and oxygen atoms in total. The molecule has 0 bridgehead atoms. The van der Waals surface area contributed by atoms with Gasteiger partial charge in [-0.25, -0.2) is 4.79 Å². The fourth-order valence-electron chi connectivity index (χ4n) is 3.89. The molecule has 1 aromatic carbocycles. The average molecular weight is 488 g/mol. The third-order valence-electron chi connectivity index (χ3n) is 5.25. The number of hydrogen-bond donors (Lipinski definition) is 2. The molecule has 2 amide bonds. The van der Waals surface area contributed by atoms with Gasteiger partial charge < -0.3 is 25.3 Å². The molecule has 2 aliphatic heterocycles. The summed E-state index contributed by atoms with van der Waals surface area (Å²) in [5.41, 5.74) is 0.645. The highest BCUT2D eigenvalue weighted by atomic mass is 35.5. The van der Waals surface area contributed by atoms with E-state index < -0.39 is 40.0 Å². The molecular weight excluding hydrogens is 469 g/mol. The summed E-state index contributed by atoms with van der Waals surface area (Å²) in [6, 6.07) is 3.09. The zero-order valence-corrected chi connectivity index (χ0v) is 18.9. The molecule has 2 fully saturated rings. The first kappa shape index (κ1) is 23.4. The first-order valence-electron chi connectivity index (χ1n) is 8.99. The van der Waals surface area contributed by atoms with E-state index in [9.17, 15) is 19.5 Å². The van der Waals surface area contributed by atoms with Gasteiger partial charge in [0.25, 0.3) is 5.91 Å². The smallest absolute Gasteiger partial charge is 0.327 e. The fourth-order valence-corrected chi connectivity index (χ4v) is 6.09. The van der Waals surface area contributed by atoms with Crippen molar-refractivity contribution in [3.63, 3.8) is 0 Å². The number of carbonyl (C=O) groups is 3. The zero-order chi connectivity index (χ0) is 22.0. The number of carboxylic acid groups (broad SMARTS) is 1. The number of amides is 2. The van der Waals surface area contributed by atoms with Crippen LogP contribution in [0.1, 0.15) is 30.0 Å². The first-order chi connectivity index (χ1) is 14.0. The monoisotopic (exact) mass is 487 g/mol. The maximum absolute atomic E-state index is 13.1. The van der Waals surface area contributed by atoms with Gasteiger partial charge in [-0.2, -0.15) is 0 Å². The second kappa shape index (κ2) is 8.01. The van der Waals surface area contributed by atoms with Gasteiger partial charge in [0.2, 0.25) is 5.91 Å². The van der Waals surface area contributed by atoms with Gasteiger partial charge in [-0.15, -0.1) is 11.8 Å². The molecule has 2 aromatic rings. The SMILES string of the molecule is Cc1onc(-c2c(Cl)cccc2Cl)c1C(=O)N[C@H]1C(=O)N2C1SC(C)(C)[C@H]2C(=O)O.O. The molecule has 0 spiro atoms. The van der Waals surface area contributed by atoms with Crippen LogP contribution in [-0.2, 0) is 9.59 Å². The summed E-state index contributed by atoms with van der Waals surface area (Å²) in [4.78, 5) is 38.7. The van der Waals surface area contributed by atoms with E-state index in [0.29, 0.717) is 15.6 Å². The average Bonchev–Trinajstić information content (AvgIpc) is 3.14. The van der Waals surface area contributed by atoms with Gasteiger partial charge in [-0.05, 0) is 32.9 Å². The number of rotatable bonds is 4. The number of benzene rings is 1. The van der Waals surface area contributed by atoms with Gasteiger partial charge in [-0.1, -0.05) is 34.4 Å². The van der Waals surface area contributed by atoms with Crippen molar-refractivity contribution in [3.05, 3.63) is 39.6 Å². The summed E-state index contributed by atoms with van der Waals surface area (Å²) in [5, 5.41) is 16.3. The largest absolute Gasteiger partial charge is 0.480 e. The summed E-state index contributed by atoms with van der Waals surface area (Å²) in [6.07, 6.45) is 0. The highest BCUT2D eigenvalue weighted by Gasteiger charge is 2.64. The number of β-lactam (4-membered cyclic amide) rings is 1. The number of thioether (sulfide) groups is 1. The maximum Gasteiger partial charge on any atom is 0.327 e. The lowest BCUT2D eigenvalue weighted by molar-refractivity contribution is -0.159. The van der Waals surface area contributed by atoms with Crippen LogP contribution in [0.3, 0.4) is 0 Å². The molecule has 12 heteroatoms. The van der Waals surface area contributed by atoms with Crippen LogP contribution in [0.4, 0.5) is 0 Å². The van der Waals surface area contributed by atoms with Gasteiger partial charge in [0, 0.05) is 10.3 Å². The molecule has 3 atom stereocenters. The maximum atomic E-state index is 13.1. The molecule has 2 aliphatic rings. The second-order valence-electron chi connectivity index (χ2n) is 7.61. The van der Waals surface area contributed by atoms with Crippen molar-refractivity contribution in [2.24, 2.45) is 0 Å². The fraction of sp³-hybridized carbons (Fsp3) is 0.368. The number of carbonyl (C=O) groups excluding carboxylic acids is 2. The molecule has 4 N–H and O–H groups in total. The number of aryl methyl sites for hydroxylation is 1. The minimum Gasteiger partial charge on any atom is -0.480 e. The van der Waals surface area contributed by atoms with Gasteiger partial charge in [0.1, 0.15) is 34.5 Å². The number of hydrogen-bond acceptors (Lipinski definition) is 6. The first-order valence-corrected chi connectivity index (χ1v) is 10.6. The molecule has 2 saturated heterocycles. The quantitative estimate of drug-likeness (QED) is 0.629. The number of carboxylic acids is 1. The Hall–Kier alpha value is -2.27. The van der Waals surface area contributed by atoms with Gasteiger partial charge in [0.15, 0.2) is 0 Å². The van der Waals surface area contributed by atoms with E-state index in [1.807, 2.05) is 0 Å². The highest BCUT2D eigenvalue weighted by Crippen LogP contribution is 2.51. The van der Waals surface area contributed by atoms with Gasteiger partial charge >= 0.3 is 5.97 Å². The molecule has 1 unspecified atom stereocenters. The lowest BCUT2D eigenvalue weighted by Gasteiger charge is -2.43. The van der Waals surface area contributed by atoms with E-state index in [-0.39, 0.29) is 22.5 Å². The van der Waals surface area contributed by atoms with Crippen LogP contribution in [0.5, 0.6) is 0 Å². The lowest BCUT2D eigenvalue weighted by Crippen LogP contribution is -2.70. The van der Waals surface area contributed by atoms with Crippen molar-refractivity contribution in [1.29, 1.82) is 0 Å². The Morgan fingerprint density at radius 3 is 2.48 bits per heavy atom. The van der Waals surface area contributed by atoms with E-state index >= 15 is 0 Å². The Balaban J connectivity index is 0.00000272. The Bertz CT molecular complexity index is 1070. The molecular formula is C19H19Cl2N3O6S. The normalized spacial score (nSPS) is 23.6. The van der Waals surface area contributed by atoms with Crippen molar-refractivity contribution in [2.75, 3.05) is 0 Å². The standard InChI is InChI=1S/C19H17Cl2N3O5S.H2O/c1-7-10(12(23-29-7)11-8(20)5-4-6-9(11)21)15(25)22-13-16(26)24-14(18(27)28)19(2,3)30-17(13)24;/h4-6,13-14,17H,1-3H3,(H,22,25)(H,27,28);1H2/t13-,14+,17?;/m0./s1. The van der Waals surface area contributed by atoms with Crippen LogP contribution in [-0.4, -0.2) is 60.6 Å². The van der Waals surface area contributed by atoms with Crippen molar-refractivity contribution in [3.8, 4) is 11.3 Å². The van der Waals surface area contributed by atoms with Crippen LogP contribution >= 0.6 is 35.0 Å². The summed E-state index contributed by atoms with van der Waals surface area (Å²) >= 11 is 13.8. The third-order valence-corrected chi connectivity index (χ3v) is 7.45. The Labute approximate surface area is 191 Å². The highest BCUT2D eigenvalue weighted by molar-refractivity contribution is 8.01. The molecule has 3 heterocycles. The summed E-state index contributed by atoms with van der Waals surface area (Å²) in [5.74, 6) is -1.84. The van der Waals surface area contributed by atoms with Crippen molar-refractivity contribution >= 4 is 52.7 Å². The topological polar surface area (TPSA) is 144 Å². The van der Waals surface area contributed by atoms with Crippen LogP contribution < -0.4 is 5.32 Å². The number of aliphatic carboxylic acids is 1. The molecule has 0 saturated carbocycles. The van der Waals surface area contributed by atoms with E-state index in [0.717, 1.165) is 0 Å². The summed E-state index contributed by atoms with van der Waals surface area (Å²) in [6.45, 7) is 5.10. The van der Waals surface area contributed by atoms with E-state index in [1.165, 1.54) is 16.7 Å². The third kappa shape index (κ3) is 3.57. The van der Waals surface area contributed by atoms with Gasteiger partial charge in [-0.3, -0.25) is 9.59 Å². The zero-order valence-electron chi connectivity index (χ0n) is 16.6. The molecule has 1 aromatic heterocycles. The van der Waals surface area contributed by atoms with Crippen molar-refractivity contribution < 1.29 is 29.5 Å². The van der Waals surface area contributed by atoms with Gasteiger partial charge in [0.05, 0.1) is 10.0 Å². The lowest BCUT2D eigenvalue weighted by atomic mass is 9.95. The van der Waals surface area contributed by atoms with Crippen molar-refractivity contribution in [1.82, 2.24) is 15.4 Å². The predicted molar refractivity (Wildman–Crippen MR) is 115 cm³/mol. The minimum absolute atomic E-state index is 0. The van der Waals surface area contributed by atoms with Crippen LogP contribution in [0.25, 0.3) is 11.3 Å². The van der Waals surface area contributed by atoms with E-state index in [2.05, 4.69) is 10.5 Å². The minimum atomic E-state index is -1.07. The second-order valence-corrected chi connectivity index (χ2v) is 10.2. The number of halogens is 2. The number of nitrogens with one attached hydrogen (secondary N) is 1.